The molecule has 0 amide bonds. The van der Waals surface area contributed by atoms with Gasteiger partial charge in [-0.15, -0.1) is 0 Å². The molecule has 4 atom stereocenters. The Kier molecular flexibility index (Phi) is 17.8. The van der Waals surface area contributed by atoms with Crippen LogP contribution in [0.5, 0.6) is 0 Å². The number of piperidine rings is 1. The van der Waals surface area contributed by atoms with Crippen LogP contribution in [-0.4, -0.2) is 124 Å². The molecule has 5 heteroatoms. The van der Waals surface area contributed by atoms with Gasteiger partial charge in [-0.2, -0.15) is 0 Å². The summed E-state index contributed by atoms with van der Waals surface area (Å²) in [4.78, 5) is 12.4. The van der Waals surface area contributed by atoms with Crippen molar-refractivity contribution < 1.29 is 0 Å². The van der Waals surface area contributed by atoms with Crippen LogP contribution >= 0.6 is 0 Å². The van der Waals surface area contributed by atoms with Gasteiger partial charge in [-0.1, -0.05) is 88.0 Å². The maximum Gasteiger partial charge on any atom is 0.00510 e. The second kappa shape index (κ2) is 19.6. The summed E-state index contributed by atoms with van der Waals surface area (Å²) in [7, 11) is 6.69. The van der Waals surface area contributed by atoms with Crippen molar-refractivity contribution in [2.45, 2.75) is 114 Å². The van der Waals surface area contributed by atoms with E-state index < -0.39 is 0 Å². The second-order valence-corrected chi connectivity index (χ2v) is 17.3. The average Bonchev–Trinajstić information content (AvgIpc) is 3.69. The molecule has 5 nitrogen and oxygen atoms in total. The first-order valence-electron chi connectivity index (χ1n) is 19.2. The van der Waals surface area contributed by atoms with Gasteiger partial charge < -0.3 is 24.5 Å². The van der Waals surface area contributed by atoms with Gasteiger partial charge in [0.15, 0.2) is 0 Å². The van der Waals surface area contributed by atoms with Crippen LogP contribution in [0.3, 0.4) is 0 Å². The molecule has 5 saturated heterocycles. The van der Waals surface area contributed by atoms with Crippen molar-refractivity contribution >= 4 is 0 Å². The van der Waals surface area contributed by atoms with Crippen LogP contribution in [0.1, 0.15) is 114 Å². The molecule has 5 aliphatic heterocycles. The lowest BCUT2D eigenvalue weighted by Crippen LogP contribution is -2.34. The van der Waals surface area contributed by atoms with E-state index in [1.54, 1.807) is 0 Å². The molecule has 0 N–H and O–H groups in total. The lowest BCUT2D eigenvalue weighted by atomic mass is 9.71. The normalized spacial score (nSPS) is 37.1. The number of fused-ring (bicyclic) bond motifs is 1. The Morgan fingerprint density at radius 2 is 0.818 bits per heavy atom. The van der Waals surface area contributed by atoms with Crippen LogP contribution in [0.25, 0.3) is 0 Å². The summed E-state index contributed by atoms with van der Waals surface area (Å²) in [5, 5.41) is 0. The predicted octanol–water partition coefficient (Wildman–Crippen LogP) is 7.77. The molecule has 1 saturated carbocycles. The Morgan fingerprint density at radius 3 is 1.05 bits per heavy atom. The van der Waals surface area contributed by atoms with Crippen molar-refractivity contribution in [2.24, 2.45) is 40.4 Å². The van der Waals surface area contributed by atoms with Gasteiger partial charge in [-0.05, 0) is 116 Å². The minimum Gasteiger partial charge on any atom is -0.306 e. The number of rotatable bonds is 2. The molecule has 1 aliphatic carbocycles. The molecule has 262 valence electrons. The van der Waals surface area contributed by atoms with Gasteiger partial charge in [0.2, 0.25) is 0 Å². The Bertz CT molecular complexity index is 675. The van der Waals surface area contributed by atoms with Crippen molar-refractivity contribution in [3.63, 3.8) is 0 Å². The summed E-state index contributed by atoms with van der Waals surface area (Å²) in [6.45, 7) is 36.6. The van der Waals surface area contributed by atoms with Crippen molar-refractivity contribution in [3.05, 3.63) is 0 Å². The third kappa shape index (κ3) is 13.5. The van der Waals surface area contributed by atoms with Crippen molar-refractivity contribution in [3.8, 4) is 0 Å². The first-order chi connectivity index (χ1) is 20.7. The zero-order valence-corrected chi connectivity index (χ0v) is 32.3. The summed E-state index contributed by atoms with van der Waals surface area (Å²) in [6, 6.07) is 0. The van der Waals surface area contributed by atoms with E-state index >= 15 is 0 Å². The standard InChI is InChI=1S/C10H20N2.C8H16.3C7H15N/c1-9-5-11(3)7-10(9,2)8-12(4)6-9;1-7-5-3-4-6-8(7)2;1-7-3-5-8(2)6-4-7;2*1-3-8-5-4-7(2)6-8/h5-8H2,1-4H3;7-8H,3-6H2,1-2H3;3*7H,3-6H2,1-2H3. The van der Waals surface area contributed by atoms with E-state index in [2.05, 4.69) is 108 Å². The molecule has 0 aromatic carbocycles. The second-order valence-electron chi connectivity index (χ2n) is 17.3. The zero-order chi connectivity index (χ0) is 32.9. The van der Waals surface area contributed by atoms with Crippen LogP contribution in [0.4, 0.5) is 0 Å². The van der Waals surface area contributed by atoms with Gasteiger partial charge >= 0.3 is 0 Å². The highest BCUT2D eigenvalue weighted by molar-refractivity contribution is 5.08. The molecular weight excluding hydrogens is 538 g/mol. The van der Waals surface area contributed by atoms with Crippen LogP contribution in [-0.2, 0) is 0 Å². The molecule has 5 heterocycles. The highest BCUT2D eigenvalue weighted by atomic mass is 15.2. The maximum absolute atomic E-state index is 2.50. The van der Waals surface area contributed by atoms with E-state index in [-0.39, 0.29) is 0 Å². The molecule has 0 aromatic rings. The van der Waals surface area contributed by atoms with Gasteiger partial charge in [0.25, 0.3) is 0 Å². The van der Waals surface area contributed by atoms with Gasteiger partial charge in [-0.25, -0.2) is 0 Å². The third-order valence-corrected chi connectivity index (χ3v) is 12.4. The molecule has 0 bridgehead atoms. The highest BCUT2D eigenvalue weighted by Crippen LogP contribution is 2.50. The van der Waals surface area contributed by atoms with E-state index in [0.717, 1.165) is 29.6 Å². The molecule has 6 rings (SSSR count). The summed E-state index contributed by atoms with van der Waals surface area (Å²) in [6.07, 6.45) is 11.5. The molecule has 6 aliphatic rings. The Balaban J connectivity index is 0.000000194. The van der Waals surface area contributed by atoms with Crippen LogP contribution in [0.2, 0.25) is 0 Å². The SMILES string of the molecule is CC1CCCCC1C.CC1CCN(C)CC1.CCN1CCC(C)C1.CCN1CCC(C)C1.CN1CC2(C)CN(C)CC2(C)C1. The first-order valence-corrected chi connectivity index (χ1v) is 19.2. The Morgan fingerprint density at radius 1 is 0.477 bits per heavy atom. The van der Waals surface area contributed by atoms with Crippen molar-refractivity contribution in [1.29, 1.82) is 0 Å². The number of nitrogens with zero attached hydrogens (tertiary/aromatic N) is 5. The molecule has 0 radical (unpaired) electrons. The van der Waals surface area contributed by atoms with Crippen LogP contribution in [0, 0.1) is 40.4 Å². The average molecular weight is 620 g/mol. The van der Waals surface area contributed by atoms with Gasteiger partial charge in [0.05, 0.1) is 0 Å². The quantitative estimate of drug-likeness (QED) is 0.313. The fraction of sp³-hybridized carbons (Fsp3) is 1.00. The van der Waals surface area contributed by atoms with Crippen LogP contribution < -0.4 is 0 Å². The Hall–Kier alpha value is -0.200. The van der Waals surface area contributed by atoms with E-state index in [1.165, 1.54) is 130 Å². The topological polar surface area (TPSA) is 16.2 Å². The third-order valence-electron chi connectivity index (χ3n) is 12.4. The summed E-state index contributed by atoms with van der Waals surface area (Å²) >= 11 is 0. The number of hydrogen-bond acceptors (Lipinski definition) is 5. The van der Waals surface area contributed by atoms with Gasteiger partial charge in [-0.3, -0.25) is 0 Å². The monoisotopic (exact) mass is 620 g/mol. The minimum absolute atomic E-state index is 0.538. The molecule has 0 spiro atoms. The molecule has 44 heavy (non-hydrogen) atoms. The van der Waals surface area contributed by atoms with Gasteiger partial charge in [0, 0.05) is 50.1 Å². The summed E-state index contributed by atoms with van der Waals surface area (Å²) in [5.74, 6) is 4.89. The summed E-state index contributed by atoms with van der Waals surface area (Å²) < 4.78 is 0. The fourth-order valence-electron chi connectivity index (χ4n) is 8.62. The molecule has 0 aromatic heterocycles. The van der Waals surface area contributed by atoms with Crippen molar-refractivity contribution in [2.75, 3.05) is 99.7 Å². The largest absolute Gasteiger partial charge is 0.306 e. The first kappa shape index (κ1) is 40.0. The lowest BCUT2D eigenvalue weighted by molar-refractivity contribution is 0.212. The van der Waals surface area contributed by atoms with E-state index in [9.17, 15) is 0 Å². The zero-order valence-electron chi connectivity index (χ0n) is 32.3. The molecule has 4 unspecified atom stereocenters. The molecular formula is C39H81N5. The number of hydrogen-bond donors (Lipinski definition) is 0. The van der Waals surface area contributed by atoms with E-state index in [0.29, 0.717) is 10.8 Å². The fourth-order valence-corrected chi connectivity index (χ4v) is 8.62. The number of likely N-dealkylation sites (tertiary alicyclic amines) is 5. The maximum atomic E-state index is 2.50. The molecule has 6 fully saturated rings. The summed E-state index contributed by atoms with van der Waals surface area (Å²) in [5.41, 5.74) is 1.08. The smallest absolute Gasteiger partial charge is 0.00510 e. The van der Waals surface area contributed by atoms with Crippen LogP contribution in [0.15, 0.2) is 0 Å². The van der Waals surface area contributed by atoms with Gasteiger partial charge in [0.1, 0.15) is 0 Å². The highest BCUT2D eigenvalue weighted by Gasteiger charge is 2.55. The Labute approximate surface area is 277 Å². The van der Waals surface area contributed by atoms with E-state index in [1.807, 2.05) is 0 Å². The van der Waals surface area contributed by atoms with E-state index in [4.69, 9.17) is 0 Å². The lowest BCUT2D eigenvalue weighted by Gasteiger charge is -2.31. The minimum atomic E-state index is 0.538. The predicted molar refractivity (Wildman–Crippen MR) is 196 cm³/mol. The van der Waals surface area contributed by atoms with Crippen molar-refractivity contribution in [1.82, 2.24) is 24.5 Å².